The Morgan fingerprint density at radius 1 is 1.00 bits per heavy atom. The summed E-state index contributed by atoms with van der Waals surface area (Å²) in [7, 11) is 0. The molecule has 24 heavy (non-hydrogen) atoms. The van der Waals surface area contributed by atoms with Crippen molar-refractivity contribution in [1.29, 1.82) is 0 Å². The van der Waals surface area contributed by atoms with Gasteiger partial charge in [0, 0.05) is 16.9 Å². The highest BCUT2D eigenvalue weighted by molar-refractivity contribution is 14.1. The van der Waals surface area contributed by atoms with E-state index in [2.05, 4.69) is 71.0 Å². The lowest BCUT2D eigenvalue weighted by Gasteiger charge is -2.24. The smallest absolute Gasteiger partial charge is 0.0924 e. The molecule has 3 rings (SSSR count). The molecule has 1 aliphatic rings. The average Bonchev–Trinajstić information content (AvgIpc) is 2.92. The fourth-order valence-corrected chi connectivity index (χ4v) is 4.01. The van der Waals surface area contributed by atoms with Gasteiger partial charge in [0.15, 0.2) is 0 Å². The molecule has 1 fully saturated rings. The molecule has 2 aromatic rings. The molecule has 3 atom stereocenters. The summed E-state index contributed by atoms with van der Waals surface area (Å²) in [6.07, 6.45) is 0.264. The molecule has 1 aliphatic heterocycles. The Morgan fingerprint density at radius 3 is 2.25 bits per heavy atom. The van der Waals surface area contributed by atoms with Crippen LogP contribution in [0.2, 0.25) is 0 Å². The van der Waals surface area contributed by atoms with Gasteiger partial charge >= 0.3 is 0 Å². The Balaban J connectivity index is 1.61. The Hall–Kier alpha value is -0.950. The molecule has 3 nitrogen and oxygen atoms in total. The number of halogens is 1. The fourth-order valence-electron chi connectivity index (χ4n) is 3.05. The highest BCUT2D eigenvalue weighted by Gasteiger charge is 2.39. The van der Waals surface area contributed by atoms with E-state index in [4.69, 9.17) is 9.57 Å². The quantitative estimate of drug-likeness (QED) is 0.472. The number of benzene rings is 2. The molecule has 0 spiro atoms. The minimum Gasteiger partial charge on any atom is -0.375 e. The van der Waals surface area contributed by atoms with Gasteiger partial charge in [0.25, 0.3) is 0 Å². The van der Waals surface area contributed by atoms with E-state index in [1.807, 2.05) is 24.3 Å². The van der Waals surface area contributed by atoms with Gasteiger partial charge in [-0.3, -0.25) is 4.84 Å². The number of nitrogens with zero attached hydrogens (tertiary/aromatic N) is 1. The third-order valence-electron chi connectivity index (χ3n) is 4.57. The monoisotopic (exact) mass is 437 g/mol. The van der Waals surface area contributed by atoms with Crippen LogP contribution < -0.4 is 0 Å². The van der Waals surface area contributed by atoms with Crippen LogP contribution in [-0.4, -0.2) is 28.2 Å². The van der Waals surface area contributed by atoms with Gasteiger partial charge in [-0.1, -0.05) is 90.2 Å². The van der Waals surface area contributed by atoms with Crippen molar-refractivity contribution in [3.05, 3.63) is 71.8 Å². The second-order valence-electron chi connectivity index (χ2n) is 6.29. The molecular formula is C20H24INO2. The number of ether oxygens (including phenoxy) is 1. The molecule has 1 heterocycles. The molecular weight excluding hydrogens is 413 g/mol. The first-order valence-electron chi connectivity index (χ1n) is 8.43. The molecule has 0 aromatic heterocycles. The summed E-state index contributed by atoms with van der Waals surface area (Å²) in [5, 5.41) is 2.12. The third kappa shape index (κ3) is 4.57. The first-order valence-corrected chi connectivity index (χ1v) is 9.95. The zero-order valence-electron chi connectivity index (χ0n) is 14.0. The van der Waals surface area contributed by atoms with E-state index in [1.165, 1.54) is 11.1 Å². The van der Waals surface area contributed by atoms with Crippen LogP contribution in [0.15, 0.2) is 60.7 Å². The van der Waals surface area contributed by atoms with Crippen molar-refractivity contribution in [2.75, 3.05) is 11.0 Å². The average molecular weight is 437 g/mol. The van der Waals surface area contributed by atoms with Gasteiger partial charge < -0.3 is 4.74 Å². The molecule has 0 aliphatic carbocycles. The number of alkyl halides is 1. The molecule has 2 aromatic carbocycles. The predicted molar refractivity (Wildman–Crippen MR) is 105 cm³/mol. The molecule has 128 valence electrons. The summed E-state index contributed by atoms with van der Waals surface area (Å²) in [6, 6.07) is 21.1. The zero-order chi connectivity index (χ0) is 16.8. The van der Waals surface area contributed by atoms with Crippen molar-refractivity contribution in [2.45, 2.75) is 32.2 Å². The van der Waals surface area contributed by atoms with Gasteiger partial charge in [0.05, 0.1) is 25.4 Å². The Kier molecular flexibility index (Phi) is 6.66. The summed E-state index contributed by atoms with van der Waals surface area (Å²) in [4.78, 5) is 6.19. The van der Waals surface area contributed by atoms with Crippen LogP contribution >= 0.6 is 22.6 Å². The summed E-state index contributed by atoms with van der Waals surface area (Å²) >= 11 is 2.41. The summed E-state index contributed by atoms with van der Waals surface area (Å²) in [6.45, 7) is 4.41. The molecule has 0 bridgehead atoms. The maximum absolute atomic E-state index is 6.19. The van der Waals surface area contributed by atoms with Crippen LogP contribution in [-0.2, 0) is 22.7 Å². The molecule has 0 amide bonds. The Bertz CT molecular complexity index is 608. The van der Waals surface area contributed by atoms with Crippen molar-refractivity contribution < 1.29 is 9.57 Å². The van der Waals surface area contributed by atoms with Crippen molar-refractivity contribution in [3.63, 3.8) is 0 Å². The van der Waals surface area contributed by atoms with Crippen LogP contribution in [0.5, 0.6) is 0 Å². The Labute approximate surface area is 158 Å². The maximum Gasteiger partial charge on any atom is 0.0924 e. The first-order chi connectivity index (χ1) is 11.8. The first kappa shape index (κ1) is 17.9. The van der Waals surface area contributed by atoms with Gasteiger partial charge in [0.1, 0.15) is 0 Å². The van der Waals surface area contributed by atoms with E-state index >= 15 is 0 Å². The normalized spacial score (nSPS) is 24.3. The molecule has 1 saturated heterocycles. The lowest BCUT2D eigenvalue weighted by atomic mass is 9.98. The number of hydrogen-bond donors (Lipinski definition) is 0. The van der Waals surface area contributed by atoms with E-state index in [0.29, 0.717) is 19.1 Å². The Morgan fingerprint density at radius 2 is 1.62 bits per heavy atom. The van der Waals surface area contributed by atoms with Crippen molar-refractivity contribution in [1.82, 2.24) is 5.06 Å². The van der Waals surface area contributed by atoms with E-state index in [9.17, 15) is 0 Å². The van der Waals surface area contributed by atoms with E-state index in [-0.39, 0.29) is 12.1 Å². The van der Waals surface area contributed by atoms with E-state index in [1.54, 1.807) is 0 Å². The van der Waals surface area contributed by atoms with Crippen molar-refractivity contribution in [3.8, 4) is 0 Å². The number of hydroxylamine groups is 2. The summed E-state index contributed by atoms with van der Waals surface area (Å²) < 4.78 is 7.01. The zero-order valence-corrected chi connectivity index (χ0v) is 16.1. The van der Waals surface area contributed by atoms with Crippen LogP contribution in [0.3, 0.4) is 0 Å². The standard InChI is InChI=1S/C20H24INO2/c1-16-19(15-23-14-18-10-6-3-7-11-18)22(24-20(16)12-21)13-17-8-4-2-5-9-17/h2-11,16,19-20H,12-15H2,1H3/t16-,19-,20-/m0/s1. The second-order valence-corrected chi connectivity index (χ2v) is 7.17. The fraction of sp³-hybridized carbons (Fsp3) is 0.400. The lowest BCUT2D eigenvalue weighted by Crippen LogP contribution is -2.35. The van der Waals surface area contributed by atoms with Crippen LogP contribution in [0.4, 0.5) is 0 Å². The summed E-state index contributed by atoms with van der Waals surface area (Å²) in [5.41, 5.74) is 2.48. The summed E-state index contributed by atoms with van der Waals surface area (Å²) in [5.74, 6) is 0.460. The third-order valence-corrected chi connectivity index (χ3v) is 5.44. The van der Waals surface area contributed by atoms with Crippen molar-refractivity contribution in [2.24, 2.45) is 5.92 Å². The van der Waals surface area contributed by atoms with E-state index < -0.39 is 0 Å². The maximum atomic E-state index is 6.19. The van der Waals surface area contributed by atoms with Gasteiger partial charge in [-0.05, 0) is 11.1 Å². The van der Waals surface area contributed by atoms with Crippen LogP contribution in [0, 0.1) is 5.92 Å². The lowest BCUT2D eigenvalue weighted by molar-refractivity contribution is -0.171. The highest BCUT2D eigenvalue weighted by Crippen LogP contribution is 2.30. The molecule has 0 radical (unpaired) electrons. The predicted octanol–water partition coefficient (Wildman–Crippen LogP) is 4.46. The topological polar surface area (TPSA) is 21.7 Å². The highest BCUT2D eigenvalue weighted by atomic mass is 127. The molecule has 0 saturated carbocycles. The minimum atomic E-state index is 0.264. The van der Waals surface area contributed by atoms with Crippen molar-refractivity contribution >= 4 is 22.6 Å². The SMILES string of the molecule is C[C@@H]1[C@H](CI)ON(Cc2ccccc2)[C@H]1COCc1ccccc1. The van der Waals surface area contributed by atoms with Gasteiger partial charge in [0.2, 0.25) is 0 Å². The minimum absolute atomic E-state index is 0.264. The number of hydrogen-bond acceptors (Lipinski definition) is 3. The second kappa shape index (κ2) is 8.94. The van der Waals surface area contributed by atoms with Gasteiger partial charge in [-0.15, -0.1) is 0 Å². The van der Waals surface area contributed by atoms with Crippen LogP contribution in [0.1, 0.15) is 18.1 Å². The largest absolute Gasteiger partial charge is 0.375 e. The number of rotatable bonds is 7. The molecule has 0 N–H and O–H groups in total. The van der Waals surface area contributed by atoms with Crippen LogP contribution in [0.25, 0.3) is 0 Å². The molecule has 0 unspecified atom stereocenters. The van der Waals surface area contributed by atoms with E-state index in [0.717, 1.165) is 11.0 Å². The van der Waals surface area contributed by atoms with Gasteiger partial charge in [-0.25, -0.2) is 0 Å². The molecule has 4 heteroatoms. The van der Waals surface area contributed by atoms with Gasteiger partial charge in [-0.2, -0.15) is 5.06 Å².